The molecule has 1 saturated heterocycles. The summed E-state index contributed by atoms with van der Waals surface area (Å²) in [7, 11) is 0. The van der Waals surface area contributed by atoms with E-state index in [2.05, 4.69) is 6.08 Å². The van der Waals surface area contributed by atoms with E-state index in [1.807, 2.05) is 12.2 Å². The van der Waals surface area contributed by atoms with Gasteiger partial charge in [-0.05, 0) is 25.3 Å². The van der Waals surface area contributed by atoms with Crippen molar-refractivity contribution in [1.29, 1.82) is 0 Å². The molecule has 0 N–H and O–H groups in total. The molecule has 0 saturated carbocycles. The second-order valence-corrected chi connectivity index (χ2v) is 5.46. The highest BCUT2D eigenvalue weighted by Crippen LogP contribution is 2.29. The summed E-state index contributed by atoms with van der Waals surface area (Å²) in [6, 6.07) is 0. The quantitative estimate of drug-likeness (QED) is 0.720. The van der Waals surface area contributed by atoms with Crippen LogP contribution >= 0.6 is 0 Å². The smallest absolute Gasteiger partial charge is 0.417 e. The van der Waals surface area contributed by atoms with E-state index in [1.165, 1.54) is 17.4 Å². The topological polar surface area (TPSA) is 74.3 Å². The minimum absolute atomic E-state index is 0.0167. The van der Waals surface area contributed by atoms with Crippen LogP contribution in [0.25, 0.3) is 0 Å². The van der Waals surface area contributed by atoms with Gasteiger partial charge in [0.25, 0.3) is 0 Å². The first-order chi connectivity index (χ1) is 11.7. The fourth-order valence-corrected chi connectivity index (χ4v) is 2.60. The van der Waals surface area contributed by atoms with E-state index in [0.29, 0.717) is 12.4 Å². The first-order valence-electron chi connectivity index (χ1n) is 7.91. The summed E-state index contributed by atoms with van der Waals surface area (Å²) in [5.74, 6) is 0.421. The van der Waals surface area contributed by atoms with Crippen LogP contribution in [-0.4, -0.2) is 36.2 Å². The Labute approximate surface area is 139 Å². The molecule has 2 heterocycles. The van der Waals surface area contributed by atoms with Gasteiger partial charge in [0, 0.05) is 0 Å². The van der Waals surface area contributed by atoms with Gasteiger partial charge in [0.05, 0.1) is 19.6 Å². The number of carbonyl (C=O) groups excluding carboxylic acids is 2. The van der Waals surface area contributed by atoms with Crippen LogP contribution in [0.5, 0.6) is 0 Å². The van der Waals surface area contributed by atoms with Crippen molar-refractivity contribution in [2.45, 2.75) is 32.3 Å². The zero-order chi connectivity index (χ0) is 16.9. The van der Waals surface area contributed by atoms with E-state index < -0.39 is 18.2 Å². The van der Waals surface area contributed by atoms with Crippen molar-refractivity contribution in [2.24, 2.45) is 0 Å². The Kier molecular flexibility index (Phi) is 4.88. The fraction of sp³-hybridized carbons (Fsp3) is 0.412. The summed E-state index contributed by atoms with van der Waals surface area (Å²) < 4.78 is 21.2. The number of ether oxygens (including phenoxy) is 4. The van der Waals surface area contributed by atoms with Gasteiger partial charge in [-0.25, -0.2) is 9.69 Å². The Balaban J connectivity index is 1.61. The molecular weight excluding hydrogens is 314 g/mol. The molecule has 2 aliphatic heterocycles. The number of allylic oxidation sites excluding steroid dienone is 4. The maximum absolute atomic E-state index is 12.0. The molecule has 7 heteroatoms. The van der Waals surface area contributed by atoms with E-state index in [-0.39, 0.29) is 18.8 Å². The van der Waals surface area contributed by atoms with Gasteiger partial charge in [-0.3, -0.25) is 4.79 Å². The number of cyclic esters (lactones) is 1. The lowest BCUT2D eigenvalue weighted by Crippen LogP contribution is -2.28. The highest BCUT2D eigenvalue weighted by molar-refractivity contribution is 5.75. The molecule has 0 radical (unpaired) electrons. The molecule has 0 unspecified atom stereocenters. The monoisotopic (exact) mass is 333 g/mol. The van der Waals surface area contributed by atoms with E-state index in [0.717, 1.165) is 18.4 Å². The van der Waals surface area contributed by atoms with Crippen molar-refractivity contribution in [3.8, 4) is 0 Å². The summed E-state index contributed by atoms with van der Waals surface area (Å²) in [5, 5.41) is 0. The van der Waals surface area contributed by atoms with Crippen LogP contribution in [0.3, 0.4) is 0 Å². The molecule has 24 heavy (non-hydrogen) atoms. The Hall–Kier alpha value is -2.70. The lowest BCUT2D eigenvalue weighted by atomic mass is 10.0. The Morgan fingerprint density at radius 1 is 1.42 bits per heavy atom. The summed E-state index contributed by atoms with van der Waals surface area (Å²) in [6.45, 7) is 2.23. The molecule has 3 aliphatic rings. The van der Waals surface area contributed by atoms with Gasteiger partial charge in [0.1, 0.15) is 12.4 Å². The lowest BCUT2D eigenvalue weighted by Gasteiger charge is -2.23. The molecule has 0 spiro atoms. The first-order valence-corrected chi connectivity index (χ1v) is 7.91. The van der Waals surface area contributed by atoms with Crippen LogP contribution in [0, 0.1) is 0 Å². The molecule has 0 aromatic rings. The molecule has 1 amide bonds. The van der Waals surface area contributed by atoms with Gasteiger partial charge in [0.2, 0.25) is 5.88 Å². The molecule has 3 rings (SSSR count). The van der Waals surface area contributed by atoms with Crippen molar-refractivity contribution >= 4 is 12.1 Å². The first kappa shape index (κ1) is 16.2. The summed E-state index contributed by atoms with van der Waals surface area (Å²) >= 11 is 0. The van der Waals surface area contributed by atoms with Crippen LogP contribution in [0.15, 0.2) is 48.0 Å². The predicted molar refractivity (Wildman–Crippen MR) is 83.0 cm³/mol. The number of hydrogen-bond donors (Lipinski definition) is 0. The highest BCUT2D eigenvalue weighted by Gasteiger charge is 2.37. The fourth-order valence-electron chi connectivity index (χ4n) is 2.60. The van der Waals surface area contributed by atoms with Gasteiger partial charge in [0.15, 0.2) is 12.0 Å². The third kappa shape index (κ3) is 3.61. The number of nitrogens with zero attached hydrogens (tertiary/aromatic N) is 1. The van der Waals surface area contributed by atoms with Crippen molar-refractivity contribution in [2.75, 3.05) is 13.2 Å². The summed E-state index contributed by atoms with van der Waals surface area (Å²) in [4.78, 5) is 24.9. The molecule has 7 nitrogen and oxygen atoms in total. The number of carbonyl (C=O) groups is 2. The van der Waals surface area contributed by atoms with Crippen LogP contribution < -0.4 is 0 Å². The van der Waals surface area contributed by atoms with Crippen LogP contribution in [-0.2, 0) is 23.7 Å². The van der Waals surface area contributed by atoms with E-state index in [1.54, 1.807) is 6.92 Å². The average molecular weight is 333 g/mol. The van der Waals surface area contributed by atoms with Gasteiger partial charge in [-0.1, -0.05) is 18.2 Å². The van der Waals surface area contributed by atoms with Crippen molar-refractivity contribution in [1.82, 2.24) is 4.90 Å². The normalized spacial score (nSPS) is 22.7. The highest BCUT2D eigenvalue weighted by atomic mass is 16.6. The summed E-state index contributed by atoms with van der Waals surface area (Å²) in [6.07, 6.45) is 9.49. The molecule has 0 aromatic heterocycles. The second-order valence-electron chi connectivity index (χ2n) is 5.46. The van der Waals surface area contributed by atoms with Crippen LogP contribution in [0.4, 0.5) is 4.79 Å². The third-order valence-corrected chi connectivity index (χ3v) is 3.73. The SMILES string of the molecule is CCOC(=O)C[C@@H]1CN(C2=COC=C(C3=CC=CCC3)O2)C(=O)O1. The van der Waals surface area contributed by atoms with E-state index in [9.17, 15) is 9.59 Å². The number of rotatable bonds is 5. The predicted octanol–water partition coefficient (Wildman–Crippen LogP) is 2.72. The minimum Gasteiger partial charge on any atom is -0.466 e. The Morgan fingerprint density at radius 2 is 2.29 bits per heavy atom. The van der Waals surface area contributed by atoms with Crippen molar-refractivity contribution in [3.63, 3.8) is 0 Å². The third-order valence-electron chi connectivity index (χ3n) is 3.73. The molecule has 128 valence electrons. The van der Waals surface area contributed by atoms with E-state index in [4.69, 9.17) is 18.9 Å². The van der Waals surface area contributed by atoms with Gasteiger partial charge >= 0.3 is 12.1 Å². The number of esters is 1. The zero-order valence-electron chi connectivity index (χ0n) is 13.4. The second kappa shape index (κ2) is 7.25. The molecule has 1 atom stereocenters. The molecular formula is C17H19NO6. The number of hydrogen-bond acceptors (Lipinski definition) is 6. The molecule has 0 bridgehead atoms. The lowest BCUT2D eigenvalue weighted by molar-refractivity contribution is -0.144. The van der Waals surface area contributed by atoms with Gasteiger partial charge in [-0.15, -0.1) is 0 Å². The van der Waals surface area contributed by atoms with Crippen molar-refractivity contribution in [3.05, 3.63) is 48.0 Å². The summed E-state index contributed by atoms with van der Waals surface area (Å²) in [5.41, 5.74) is 0.999. The zero-order valence-corrected chi connectivity index (χ0v) is 13.4. The largest absolute Gasteiger partial charge is 0.466 e. The minimum atomic E-state index is -0.571. The van der Waals surface area contributed by atoms with Crippen LogP contribution in [0.2, 0.25) is 0 Å². The Bertz CT molecular complexity index is 645. The van der Waals surface area contributed by atoms with Crippen LogP contribution in [0.1, 0.15) is 26.2 Å². The molecule has 1 aliphatic carbocycles. The maximum atomic E-state index is 12.0. The van der Waals surface area contributed by atoms with E-state index >= 15 is 0 Å². The van der Waals surface area contributed by atoms with Gasteiger partial charge < -0.3 is 18.9 Å². The standard InChI is InChI=1S/C17H19NO6/c1-2-22-16(19)8-13-9-18(17(20)23-13)15-11-21-10-14(24-15)12-6-4-3-5-7-12/h3-4,6,10-11,13H,2,5,7-9H2,1H3/t13-/m1/s1. The Morgan fingerprint density at radius 3 is 3.04 bits per heavy atom. The number of amides is 1. The van der Waals surface area contributed by atoms with Gasteiger partial charge in [-0.2, -0.15) is 0 Å². The molecule has 1 fully saturated rings. The maximum Gasteiger partial charge on any atom is 0.417 e. The van der Waals surface area contributed by atoms with Crippen molar-refractivity contribution < 1.29 is 28.5 Å². The average Bonchev–Trinajstić information content (AvgIpc) is 2.96. The molecule has 0 aromatic carbocycles.